The molecule has 1 atom stereocenters. The highest BCUT2D eigenvalue weighted by molar-refractivity contribution is 5.76. The summed E-state index contributed by atoms with van der Waals surface area (Å²) in [5.74, 6) is -1.45. The van der Waals surface area contributed by atoms with Gasteiger partial charge in [-0.25, -0.2) is 0 Å². The molecule has 0 saturated heterocycles. The molecule has 0 aliphatic heterocycles. The first-order valence-corrected chi connectivity index (χ1v) is 6.72. The van der Waals surface area contributed by atoms with Crippen molar-refractivity contribution in [3.05, 3.63) is 0 Å². The van der Waals surface area contributed by atoms with Gasteiger partial charge in [0, 0.05) is 6.42 Å². The van der Waals surface area contributed by atoms with Crippen molar-refractivity contribution in [1.29, 1.82) is 0 Å². The minimum absolute atomic E-state index is 0.104. The van der Waals surface area contributed by atoms with E-state index in [-0.39, 0.29) is 12.8 Å². The van der Waals surface area contributed by atoms with Gasteiger partial charge in [-0.1, -0.05) is 39.0 Å². The number of unbranched alkanes of at least 4 members (excludes halogenated alkanes) is 5. The van der Waals surface area contributed by atoms with Crippen molar-refractivity contribution in [2.24, 2.45) is 5.73 Å². The zero-order valence-electron chi connectivity index (χ0n) is 11.2. The van der Waals surface area contributed by atoms with E-state index in [1.54, 1.807) is 0 Å². The molecular formula is C13H25NO4. The Morgan fingerprint density at radius 2 is 1.78 bits per heavy atom. The van der Waals surface area contributed by atoms with Crippen LogP contribution in [0, 0.1) is 0 Å². The summed E-state index contributed by atoms with van der Waals surface area (Å²) < 4.78 is 4.99. The van der Waals surface area contributed by atoms with Gasteiger partial charge in [0.2, 0.25) is 0 Å². The van der Waals surface area contributed by atoms with E-state index in [1.165, 1.54) is 19.3 Å². The normalized spacial score (nSPS) is 12.1. The van der Waals surface area contributed by atoms with Crippen LogP contribution in [0.2, 0.25) is 0 Å². The lowest BCUT2D eigenvalue weighted by Crippen LogP contribution is -2.33. The number of ether oxygens (including phenoxy) is 1. The highest BCUT2D eigenvalue weighted by atomic mass is 16.5. The van der Waals surface area contributed by atoms with Crippen molar-refractivity contribution in [3.8, 4) is 0 Å². The van der Waals surface area contributed by atoms with Crippen molar-refractivity contribution < 1.29 is 19.4 Å². The van der Waals surface area contributed by atoms with Crippen LogP contribution in [0.3, 0.4) is 0 Å². The Kier molecular flexibility index (Phi) is 10.3. The molecule has 5 heteroatoms. The molecule has 0 fully saturated rings. The minimum atomic E-state index is -0.950. The Bertz CT molecular complexity index is 243. The van der Waals surface area contributed by atoms with Gasteiger partial charge in [0.1, 0.15) is 6.04 Å². The van der Waals surface area contributed by atoms with E-state index >= 15 is 0 Å². The molecule has 0 heterocycles. The van der Waals surface area contributed by atoms with E-state index < -0.39 is 18.0 Å². The largest absolute Gasteiger partial charge is 0.481 e. The molecule has 3 N–H and O–H groups in total. The number of rotatable bonds is 11. The second-order valence-corrected chi connectivity index (χ2v) is 4.47. The van der Waals surface area contributed by atoms with Gasteiger partial charge in [-0.05, 0) is 12.8 Å². The SMILES string of the molecule is CCCCCCCCOC(=O)C(N)CCC(=O)O. The Balaban J connectivity index is 3.43. The van der Waals surface area contributed by atoms with Crippen LogP contribution in [0.15, 0.2) is 0 Å². The number of carbonyl (C=O) groups excluding carboxylic acids is 1. The van der Waals surface area contributed by atoms with E-state index in [9.17, 15) is 9.59 Å². The molecule has 0 aromatic heterocycles. The van der Waals surface area contributed by atoms with Crippen molar-refractivity contribution >= 4 is 11.9 Å². The van der Waals surface area contributed by atoms with Gasteiger partial charge in [-0.15, -0.1) is 0 Å². The molecule has 0 aliphatic rings. The molecule has 1 unspecified atom stereocenters. The van der Waals surface area contributed by atoms with E-state index in [1.807, 2.05) is 0 Å². The monoisotopic (exact) mass is 259 g/mol. The average Bonchev–Trinajstić information content (AvgIpc) is 2.34. The first-order valence-electron chi connectivity index (χ1n) is 6.72. The van der Waals surface area contributed by atoms with Crippen LogP contribution >= 0.6 is 0 Å². The van der Waals surface area contributed by atoms with Crippen molar-refractivity contribution in [3.63, 3.8) is 0 Å². The van der Waals surface area contributed by atoms with E-state index in [0.29, 0.717) is 6.61 Å². The lowest BCUT2D eigenvalue weighted by Gasteiger charge is -2.10. The standard InChI is InChI=1S/C13H25NO4/c1-2-3-4-5-6-7-10-18-13(17)11(14)8-9-12(15)16/h11H,2-10,14H2,1H3,(H,15,16). The molecule has 5 nitrogen and oxygen atoms in total. The second kappa shape index (κ2) is 11.0. The molecule has 0 radical (unpaired) electrons. The second-order valence-electron chi connectivity index (χ2n) is 4.47. The van der Waals surface area contributed by atoms with E-state index in [2.05, 4.69) is 6.92 Å². The Morgan fingerprint density at radius 3 is 2.39 bits per heavy atom. The zero-order valence-corrected chi connectivity index (χ0v) is 11.2. The number of carboxylic acid groups (broad SMARTS) is 1. The summed E-state index contributed by atoms with van der Waals surface area (Å²) >= 11 is 0. The van der Waals surface area contributed by atoms with Gasteiger partial charge in [-0.2, -0.15) is 0 Å². The maximum absolute atomic E-state index is 11.4. The Morgan fingerprint density at radius 1 is 1.17 bits per heavy atom. The summed E-state index contributed by atoms with van der Waals surface area (Å²) in [6, 6.07) is -0.818. The van der Waals surface area contributed by atoms with Crippen molar-refractivity contribution in [2.45, 2.75) is 64.3 Å². The molecule has 0 aromatic rings. The predicted molar refractivity (Wildman–Crippen MR) is 69.2 cm³/mol. The van der Waals surface area contributed by atoms with Gasteiger partial charge in [0.15, 0.2) is 0 Å². The van der Waals surface area contributed by atoms with Gasteiger partial charge >= 0.3 is 11.9 Å². The highest BCUT2D eigenvalue weighted by Crippen LogP contribution is 2.05. The molecule has 0 amide bonds. The van der Waals surface area contributed by atoms with Crippen LogP contribution in [0.1, 0.15) is 58.3 Å². The topological polar surface area (TPSA) is 89.6 Å². The molecule has 0 spiro atoms. The first kappa shape index (κ1) is 16.9. The number of aliphatic carboxylic acids is 1. The van der Waals surface area contributed by atoms with Gasteiger partial charge in [0.05, 0.1) is 6.61 Å². The number of carboxylic acids is 1. The quantitative estimate of drug-likeness (QED) is 0.438. The Hall–Kier alpha value is -1.10. The number of carbonyl (C=O) groups is 2. The number of esters is 1. The molecule has 0 aromatic carbocycles. The lowest BCUT2D eigenvalue weighted by molar-refractivity contribution is -0.145. The third-order valence-electron chi connectivity index (χ3n) is 2.71. The Labute approximate surface area is 109 Å². The van der Waals surface area contributed by atoms with Crippen LogP contribution in [0.5, 0.6) is 0 Å². The molecule has 18 heavy (non-hydrogen) atoms. The predicted octanol–water partition coefficient (Wildman–Crippen LogP) is 2.08. The summed E-state index contributed by atoms with van der Waals surface area (Å²) in [4.78, 5) is 21.7. The molecular weight excluding hydrogens is 234 g/mol. The summed E-state index contributed by atoms with van der Waals surface area (Å²) in [6.45, 7) is 2.55. The average molecular weight is 259 g/mol. The van der Waals surface area contributed by atoms with Gasteiger partial charge in [-0.3, -0.25) is 9.59 Å². The fraction of sp³-hybridized carbons (Fsp3) is 0.846. The van der Waals surface area contributed by atoms with Crippen LogP contribution in [-0.4, -0.2) is 29.7 Å². The molecule has 0 bridgehead atoms. The van der Waals surface area contributed by atoms with Crippen molar-refractivity contribution in [2.75, 3.05) is 6.61 Å². The minimum Gasteiger partial charge on any atom is -0.481 e. The molecule has 106 valence electrons. The molecule has 0 aliphatic carbocycles. The maximum Gasteiger partial charge on any atom is 0.322 e. The van der Waals surface area contributed by atoms with Crippen molar-refractivity contribution in [1.82, 2.24) is 0 Å². The summed E-state index contributed by atoms with van der Waals surface area (Å²) in [7, 11) is 0. The molecule has 0 rings (SSSR count). The number of hydrogen-bond donors (Lipinski definition) is 2. The summed E-state index contributed by atoms with van der Waals surface area (Å²) in [5, 5.41) is 8.45. The highest BCUT2D eigenvalue weighted by Gasteiger charge is 2.15. The van der Waals surface area contributed by atoms with Crippen LogP contribution in [0.4, 0.5) is 0 Å². The van der Waals surface area contributed by atoms with E-state index in [0.717, 1.165) is 19.3 Å². The fourth-order valence-corrected chi connectivity index (χ4v) is 1.56. The van der Waals surface area contributed by atoms with Crippen LogP contribution in [0.25, 0.3) is 0 Å². The number of nitrogens with two attached hydrogens (primary N) is 1. The third-order valence-corrected chi connectivity index (χ3v) is 2.71. The zero-order chi connectivity index (χ0) is 13.8. The van der Waals surface area contributed by atoms with Gasteiger partial charge < -0.3 is 15.6 Å². The number of hydrogen-bond acceptors (Lipinski definition) is 4. The van der Waals surface area contributed by atoms with E-state index in [4.69, 9.17) is 15.6 Å². The maximum atomic E-state index is 11.4. The lowest BCUT2D eigenvalue weighted by atomic mass is 10.1. The summed E-state index contributed by atoms with van der Waals surface area (Å²) in [5.41, 5.74) is 5.51. The smallest absolute Gasteiger partial charge is 0.322 e. The third kappa shape index (κ3) is 10.1. The first-order chi connectivity index (χ1) is 8.57. The summed E-state index contributed by atoms with van der Waals surface area (Å²) in [6.07, 6.45) is 6.78. The molecule has 0 saturated carbocycles. The van der Waals surface area contributed by atoms with Crippen LogP contribution in [-0.2, 0) is 14.3 Å². The van der Waals surface area contributed by atoms with Crippen LogP contribution < -0.4 is 5.73 Å². The fourth-order valence-electron chi connectivity index (χ4n) is 1.56. The van der Waals surface area contributed by atoms with Gasteiger partial charge in [0.25, 0.3) is 0 Å².